The fraction of sp³-hybridized carbons (Fsp3) is 1.00. The van der Waals surface area contributed by atoms with Gasteiger partial charge in [0.25, 0.3) is 0 Å². The van der Waals surface area contributed by atoms with Crippen LogP contribution in [0.2, 0.25) is 0 Å². The monoisotopic (exact) mass is 430 g/mol. The van der Waals surface area contributed by atoms with Crippen molar-refractivity contribution in [2.45, 2.75) is 97.2 Å². The van der Waals surface area contributed by atoms with E-state index in [0.29, 0.717) is 34.2 Å². The molecule has 31 heavy (non-hydrogen) atoms. The molecule has 0 aromatic heterocycles. The molecule has 0 bridgehead atoms. The van der Waals surface area contributed by atoms with Gasteiger partial charge in [-0.1, -0.05) is 20.8 Å². The highest BCUT2D eigenvalue weighted by atomic mass is 16.5. The minimum atomic E-state index is -0.154. The number of fused-ring (bicyclic) bond motifs is 4. The lowest BCUT2D eigenvalue weighted by Crippen LogP contribution is -2.63. The third-order valence-corrected chi connectivity index (χ3v) is 13.2. The zero-order valence-corrected chi connectivity index (χ0v) is 20.8. The molecule has 4 heteroatoms. The molecule has 0 amide bonds. The first-order valence-electron chi connectivity index (χ1n) is 13.2. The smallest absolute Gasteiger partial charge is 0.0967 e. The molecular formula is C27H46N2O2. The van der Waals surface area contributed by atoms with Crippen molar-refractivity contribution in [3.63, 3.8) is 0 Å². The van der Waals surface area contributed by atoms with Gasteiger partial charge in [-0.3, -0.25) is 5.32 Å². The summed E-state index contributed by atoms with van der Waals surface area (Å²) in [5.41, 5.74) is 1.94. The predicted octanol–water partition coefficient (Wildman–Crippen LogP) is 4.27. The fourth-order valence-electron chi connectivity index (χ4n) is 11.4. The van der Waals surface area contributed by atoms with Crippen LogP contribution in [0.1, 0.15) is 79.1 Å². The molecule has 2 N–H and O–H groups in total. The highest BCUT2D eigenvalue weighted by Crippen LogP contribution is 2.89. The second kappa shape index (κ2) is 6.29. The van der Waals surface area contributed by atoms with Crippen LogP contribution in [0.3, 0.4) is 0 Å². The van der Waals surface area contributed by atoms with E-state index in [0.717, 1.165) is 31.6 Å². The van der Waals surface area contributed by atoms with Crippen LogP contribution in [-0.4, -0.2) is 55.6 Å². The summed E-state index contributed by atoms with van der Waals surface area (Å²) >= 11 is 0. The van der Waals surface area contributed by atoms with Crippen molar-refractivity contribution in [1.29, 1.82) is 0 Å². The molecule has 1 heterocycles. The number of rotatable bonds is 2. The molecule has 6 fully saturated rings. The first-order chi connectivity index (χ1) is 14.6. The Morgan fingerprint density at radius 1 is 0.968 bits per heavy atom. The van der Waals surface area contributed by atoms with Gasteiger partial charge in [0.1, 0.15) is 0 Å². The summed E-state index contributed by atoms with van der Waals surface area (Å²) in [6.45, 7) is 11.8. The Kier molecular flexibility index (Phi) is 4.33. The lowest BCUT2D eigenvalue weighted by Gasteiger charge is -2.64. The topological polar surface area (TPSA) is 44.7 Å². The van der Waals surface area contributed by atoms with Crippen molar-refractivity contribution in [2.75, 3.05) is 27.4 Å². The van der Waals surface area contributed by atoms with Crippen molar-refractivity contribution in [3.8, 4) is 0 Å². The van der Waals surface area contributed by atoms with Crippen LogP contribution in [0.5, 0.6) is 0 Å². The molecule has 1 saturated heterocycles. The Balaban J connectivity index is 1.36. The average Bonchev–Trinajstić information content (AvgIpc) is 3.32. The molecule has 4 nitrogen and oxygen atoms in total. The summed E-state index contributed by atoms with van der Waals surface area (Å²) in [6, 6.07) is 1.08. The Morgan fingerprint density at radius 3 is 2.42 bits per heavy atom. The van der Waals surface area contributed by atoms with Crippen LogP contribution in [-0.2, 0) is 4.74 Å². The SMILES string of the molecule is C[C@@H]([C@H]1[C@H](O)C[C@@]2(C)[C@@H]3CC[C@H]4[C@@]5(C)COCN[C@H]5CC[C@@]45C[C@@]35CC[C@]12C)N(C)C. The van der Waals surface area contributed by atoms with Gasteiger partial charge in [-0.2, -0.15) is 0 Å². The van der Waals surface area contributed by atoms with Crippen LogP contribution >= 0.6 is 0 Å². The van der Waals surface area contributed by atoms with Crippen molar-refractivity contribution in [3.05, 3.63) is 0 Å². The molecule has 0 aromatic carbocycles. The predicted molar refractivity (Wildman–Crippen MR) is 123 cm³/mol. The summed E-state index contributed by atoms with van der Waals surface area (Å²) in [4.78, 5) is 2.35. The van der Waals surface area contributed by atoms with Crippen LogP contribution < -0.4 is 5.32 Å². The maximum atomic E-state index is 11.4. The first-order valence-corrected chi connectivity index (χ1v) is 13.2. The highest BCUT2D eigenvalue weighted by Gasteiger charge is 2.83. The maximum Gasteiger partial charge on any atom is 0.0967 e. The van der Waals surface area contributed by atoms with Crippen molar-refractivity contribution < 1.29 is 9.84 Å². The summed E-state index contributed by atoms with van der Waals surface area (Å²) in [5.74, 6) is 2.00. The molecule has 6 aliphatic rings. The summed E-state index contributed by atoms with van der Waals surface area (Å²) in [6.07, 6.45) is 10.5. The Bertz CT molecular complexity index is 772. The van der Waals surface area contributed by atoms with E-state index in [-0.39, 0.29) is 16.9 Å². The highest BCUT2D eigenvalue weighted by molar-refractivity contribution is 5.32. The third kappa shape index (κ3) is 2.27. The zero-order chi connectivity index (χ0) is 22.0. The van der Waals surface area contributed by atoms with Gasteiger partial charge in [0, 0.05) is 23.4 Å². The molecule has 5 saturated carbocycles. The molecular weight excluding hydrogens is 384 g/mol. The largest absolute Gasteiger partial charge is 0.393 e. The van der Waals surface area contributed by atoms with Crippen molar-refractivity contribution >= 4 is 0 Å². The van der Waals surface area contributed by atoms with E-state index in [1.54, 1.807) is 0 Å². The van der Waals surface area contributed by atoms with Gasteiger partial charge < -0.3 is 14.7 Å². The second-order valence-electron chi connectivity index (χ2n) is 13.8. The fourth-order valence-corrected chi connectivity index (χ4v) is 11.4. The molecule has 2 spiro atoms. The minimum absolute atomic E-state index is 0.154. The molecule has 0 radical (unpaired) electrons. The van der Waals surface area contributed by atoms with Crippen LogP contribution in [0.15, 0.2) is 0 Å². The van der Waals surface area contributed by atoms with E-state index < -0.39 is 0 Å². The minimum Gasteiger partial charge on any atom is -0.393 e. The van der Waals surface area contributed by atoms with E-state index >= 15 is 0 Å². The number of ether oxygens (including phenoxy) is 1. The van der Waals surface area contributed by atoms with Gasteiger partial charge >= 0.3 is 0 Å². The van der Waals surface area contributed by atoms with Gasteiger partial charge in [0.2, 0.25) is 0 Å². The van der Waals surface area contributed by atoms with Crippen LogP contribution in [0.25, 0.3) is 0 Å². The Morgan fingerprint density at radius 2 is 1.68 bits per heavy atom. The second-order valence-corrected chi connectivity index (χ2v) is 13.8. The number of hydrogen-bond donors (Lipinski definition) is 2. The molecule has 6 rings (SSSR count). The number of aliphatic hydroxyl groups is 1. The van der Waals surface area contributed by atoms with Gasteiger partial charge in [-0.25, -0.2) is 0 Å². The standard InChI is InChI=1S/C27H46N2O2/c1-17(29(5)6)22-18(30)13-25(4)20-8-7-19-23(2)15-31-16-28-21(23)9-10-26(19)14-27(20,26)12-11-24(22,25)3/h17-22,28,30H,7-16H2,1-6H3/t17-,18+,19-,20-,21-,22-,23+,24+,25-,26+,27-/m0/s1. The van der Waals surface area contributed by atoms with Crippen molar-refractivity contribution in [1.82, 2.24) is 10.2 Å². The molecule has 0 unspecified atom stereocenters. The molecule has 11 atom stereocenters. The Labute approximate surface area is 189 Å². The van der Waals surface area contributed by atoms with E-state index in [1.807, 2.05) is 0 Å². The summed E-state index contributed by atoms with van der Waals surface area (Å²) in [5, 5.41) is 15.2. The Hall–Kier alpha value is -0.160. The van der Waals surface area contributed by atoms with Gasteiger partial charge in [0.15, 0.2) is 0 Å². The third-order valence-electron chi connectivity index (χ3n) is 13.2. The summed E-state index contributed by atoms with van der Waals surface area (Å²) < 4.78 is 6.02. The number of nitrogens with one attached hydrogen (secondary N) is 1. The van der Waals surface area contributed by atoms with Gasteiger partial charge in [0.05, 0.1) is 19.4 Å². The lowest BCUT2D eigenvalue weighted by molar-refractivity contribution is -0.172. The normalized spacial score (nSPS) is 61.0. The number of nitrogens with zero attached hydrogens (tertiary/aromatic N) is 1. The molecule has 0 aromatic rings. The summed E-state index contributed by atoms with van der Waals surface area (Å²) in [7, 11) is 4.39. The van der Waals surface area contributed by atoms with Gasteiger partial charge in [-0.15, -0.1) is 0 Å². The van der Waals surface area contributed by atoms with E-state index in [1.165, 1.54) is 44.9 Å². The molecule has 176 valence electrons. The lowest BCUT2D eigenvalue weighted by atomic mass is 9.41. The van der Waals surface area contributed by atoms with E-state index in [9.17, 15) is 5.11 Å². The van der Waals surface area contributed by atoms with E-state index in [2.05, 4.69) is 52.0 Å². The maximum absolute atomic E-state index is 11.4. The van der Waals surface area contributed by atoms with Gasteiger partial charge in [-0.05, 0) is 106 Å². The van der Waals surface area contributed by atoms with Crippen LogP contribution in [0, 0.1) is 44.8 Å². The number of hydrogen-bond acceptors (Lipinski definition) is 4. The molecule has 1 aliphatic heterocycles. The van der Waals surface area contributed by atoms with Crippen LogP contribution in [0.4, 0.5) is 0 Å². The average molecular weight is 431 g/mol. The van der Waals surface area contributed by atoms with E-state index in [4.69, 9.17) is 4.74 Å². The van der Waals surface area contributed by atoms with Crippen molar-refractivity contribution in [2.24, 2.45) is 44.8 Å². The number of aliphatic hydroxyl groups excluding tert-OH is 1. The zero-order valence-electron chi connectivity index (χ0n) is 20.8. The molecule has 5 aliphatic carbocycles. The quantitative estimate of drug-likeness (QED) is 0.687. The first kappa shape index (κ1) is 21.4.